The summed E-state index contributed by atoms with van der Waals surface area (Å²) >= 11 is 0. The number of rotatable bonds is 6. The molecule has 1 aromatic carbocycles. The molecule has 0 radical (unpaired) electrons. The molecule has 1 aromatic heterocycles. The Bertz CT molecular complexity index is 736. The van der Waals surface area contributed by atoms with Gasteiger partial charge < -0.3 is 20.6 Å². The van der Waals surface area contributed by atoms with Crippen LogP contribution in [-0.2, 0) is 6.42 Å². The number of halogens is 2. The Morgan fingerprint density at radius 1 is 1.14 bits per heavy atom. The SMILES string of the molecule is I.NC(=NCC(CO)Cc1ccccn1)N1CCN(c2ccc(F)cc2)CC1. The van der Waals surface area contributed by atoms with Crippen LogP contribution >= 0.6 is 24.0 Å². The van der Waals surface area contributed by atoms with Crippen molar-refractivity contribution in [3.8, 4) is 0 Å². The van der Waals surface area contributed by atoms with Gasteiger partial charge in [0, 0.05) is 62.8 Å². The lowest BCUT2D eigenvalue weighted by Gasteiger charge is -2.36. The van der Waals surface area contributed by atoms with Crippen LogP contribution in [0.1, 0.15) is 5.69 Å². The lowest BCUT2D eigenvalue weighted by Crippen LogP contribution is -2.51. The first kappa shape index (κ1) is 22.4. The number of anilines is 1. The van der Waals surface area contributed by atoms with Crippen molar-refractivity contribution in [2.24, 2.45) is 16.6 Å². The maximum atomic E-state index is 13.1. The van der Waals surface area contributed by atoms with Gasteiger partial charge >= 0.3 is 0 Å². The van der Waals surface area contributed by atoms with E-state index in [4.69, 9.17) is 5.73 Å². The van der Waals surface area contributed by atoms with Gasteiger partial charge in [-0.3, -0.25) is 9.98 Å². The van der Waals surface area contributed by atoms with Gasteiger partial charge in [-0.2, -0.15) is 0 Å². The molecule has 1 aliphatic heterocycles. The van der Waals surface area contributed by atoms with Gasteiger partial charge in [0.2, 0.25) is 0 Å². The summed E-state index contributed by atoms with van der Waals surface area (Å²) in [6, 6.07) is 12.3. The first-order chi connectivity index (χ1) is 13.2. The van der Waals surface area contributed by atoms with Crippen molar-refractivity contribution in [2.45, 2.75) is 6.42 Å². The van der Waals surface area contributed by atoms with Crippen LogP contribution in [0.25, 0.3) is 0 Å². The maximum Gasteiger partial charge on any atom is 0.191 e. The highest BCUT2D eigenvalue weighted by Crippen LogP contribution is 2.17. The van der Waals surface area contributed by atoms with E-state index < -0.39 is 0 Å². The van der Waals surface area contributed by atoms with Crippen molar-refractivity contribution >= 4 is 35.6 Å². The van der Waals surface area contributed by atoms with Crippen molar-refractivity contribution in [2.75, 3.05) is 44.2 Å². The fourth-order valence-corrected chi connectivity index (χ4v) is 3.17. The second-order valence-electron chi connectivity index (χ2n) is 6.72. The zero-order valence-corrected chi connectivity index (χ0v) is 18.1. The summed E-state index contributed by atoms with van der Waals surface area (Å²) in [5.41, 5.74) is 8.12. The minimum atomic E-state index is -0.224. The maximum absolute atomic E-state index is 13.1. The number of aliphatic hydroxyl groups excluding tert-OH is 1. The van der Waals surface area contributed by atoms with Crippen LogP contribution in [0.15, 0.2) is 53.7 Å². The second-order valence-corrected chi connectivity index (χ2v) is 6.72. The topological polar surface area (TPSA) is 78.0 Å². The zero-order valence-electron chi connectivity index (χ0n) is 15.7. The molecule has 0 spiro atoms. The Hall–Kier alpha value is -1.94. The molecule has 152 valence electrons. The Kier molecular flexibility index (Phi) is 8.91. The molecule has 2 heterocycles. The quantitative estimate of drug-likeness (QED) is 0.362. The number of aliphatic imine (C=N–C) groups is 1. The lowest BCUT2D eigenvalue weighted by atomic mass is 10.0. The molecule has 8 heteroatoms. The van der Waals surface area contributed by atoms with Crippen LogP contribution in [0.3, 0.4) is 0 Å². The van der Waals surface area contributed by atoms with E-state index in [1.54, 1.807) is 18.3 Å². The van der Waals surface area contributed by atoms with Crippen LogP contribution in [0.2, 0.25) is 0 Å². The number of aliphatic hydroxyl groups is 1. The van der Waals surface area contributed by atoms with E-state index in [0.29, 0.717) is 18.9 Å². The van der Waals surface area contributed by atoms with E-state index in [1.165, 1.54) is 12.1 Å². The number of benzene rings is 1. The van der Waals surface area contributed by atoms with E-state index in [9.17, 15) is 9.50 Å². The molecular weight excluding hydrogens is 472 g/mol. The fourth-order valence-electron chi connectivity index (χ4n) is 3.17. The highest BCUT2D eigenvalue weighted by atomic mass is 127. The van der Waals surface area contributed by atoms with E-state index in [-0.39, 0.29) is 42.3 Å². The van der Waals surface area contributed by atoms with Gasteiger partial charge in [0.1, 0.15) is 5.82 Å². The first-order valence-electron chi connectivity index (χ1n) is 9.22. The Morgan fingerprint density at radius 2 is 1.86 bits per heavy atom. The van der Waals surface area contributed by atoms with Crippen molar-refractivity contribution in [3.05, 3.63) is 60.2 Å². The van der Waals surface area contributed by atoms with E-state index in [1.807, 2.05) is 18.2 Å². The smallest absolute Gasteiger partial charge is 0.191 e. The molecule has 6 nitrogen and oxygen atoms in total. The highest BCUT2D eigenvalue weighted by Gasteiger charge is 2.19. The summed E-state index contributed by atoms with van der Waals surface area (Å²) in [6.45, 7) is 3.65. The van der Waals surface area contributed by atoms with E-state index in [0.717, 1.165) is 37.6 Å². The molecule has 1 fully saturated rings. The summed E-state index contributed by atoms with van der Waals surface area (Å²) in [4.78, 5) is 13.0. The first-order valence-corrected chi connectivity index (χ1v) is 9.22. The molecule has 2 aromatic rings. The van der Waals surface area contributed by atoms with E-state index in [2.05, 4.69) is 19.8 Å². The number of piperazine rings is 1. The number of nitrogens with zero attached hydrogens (tertiary/aromatic N) is 4. The van der Waals surface area contributed by atoms with Gasteiger partial charge in [-0.05, 0) is 42.8 Å². The average Bonchev–Trinajstić information content (AvgIpc) is 2.72. The fraction of sp³-hybridized carbons (Fsp3) is 0.400. The number of aromatic nitrogens is 1. The Morgan fingerprint density at radius 3 is 2.46 bits per heavy atom. The van der Waals surface area contributed by atoms with Gasteiger partial charge in [-0.25, -0.2) is 4.39 Å². The normalized spacial score (nSPS) is 15.9. The van der Waals surface area contributed by atoms with Gasteiger partial charge in [0.25, 0.3) is 0 Å². The van der Waals surface area contributed by atoms with Crippen molar-refractivity contribution in [1.29, 1.82) is 0 Å². The number of pyridine rings is 1. The van der Waals surface area contributed by atoms with Crippen LogP contribution < -0.4 is 10.6 Å². The third-order valence-corrected chi connectivity index (χ3v) is 4.79. The molecule has 1 saturated heterocycles. The summed E-state index contributed by atoms with van der Waals surface area (Å²) in [6.07, 6.45) is 2.43. The molecule has 0 amide bonds. The number of hydrogen-bond acceptors (Lipinski definition) is 4. The summed E-state index contributed by atoms with van der Waals surface area (Å²) in [7, 11) is 0. The summed E-state index contributed by atoms with van der Waals surface area (Å²) in [5, 5.41) is 9.61. The second kappa shape index (κ2) is 11.2. The van der Waals surface area contributed by atoms with Crippen LogP contribution in [-0.4, -0.2) is 60.3 Å². The van der Waals surface area contributed by atoms with Crippen molar-refractivity contribution in [1.82, 2.24) is 9.88 Å². The van der Waals surface area contributed by atoms with Gasteiger partial charge in [0.05, 0.1) is 0 Å². The molecule has 0 aliphatic carbocycles. The summed E-state index contributed by atoms with van der Waals surface area (Å²) < 4.78 is 13.1. The lowest BCUT2D eigenvalue weighted by molar-refractivity contribution is 0.228. The predicted molar refractivity (Wildman–Crippen MR) is 121 cm³/mol. The molecule has 1 aliphatic rings. The number of guanidine groups is 1. The average molecular weight is 499 g/mol. The molecule has 3 N–H and O–H groups in total. The molecule has 3 rings (SSSR count). The zero-order chi connectivity index (χ0) is 19.1. The molecule has 1 unspecified atom stereocenters. The summed E-state index contributed by atoms with van der Waals surface area (Å²) in [5.74, 6) is 0.282. The van der Waals surface area contributed by atoms with Gasteiger partial charge in [-0.1, -0.05) is 6.07 Å². The van der Waals surface area contributed by atoms with Crippen molar-refractivity contribution in [3.63, 3.8) is 0 Å². The molecule has 28 heavy (non-hydrogen) atoms. The molecular formula is C20H27FIN5O. The third-order valence-electron chi connectivity index (χ3n) is 4.79. The van der Waals surface area contributed by atoms with Gasteiger partial charge in [0.15, 0.2) is 5.96 Å². The minimum Gasteiger partial charge on any atom is -0.396 e. The molecule has 0 saturated carbocycles. The monoisotopic (exact) mass is 499 g/mol. The predicted octanol–water partition coefficient (Wildman–Crippen LogP) is 2.13. The number of nitrogens with two attached hydrogens (primary N) is 1. The van der Waals surface area contributed by atoms with Crippen molar-refractivity contribution < 1.29 is 9.50 Å². The van der Waals surface area contributed by atoms with E-state index >= 15 is 0 Å². The Labute approximate surface area is 182 Å². The largest absolute Gasteiger partial charge is 0.396 e. The molecule has 1 atom stereocenters. The van der Waals surface area contributed by atoms with Crippen LogP contribution in [0, 0.1) is 11.7 Å². The van der Waals surface area contributed by atoms with Crippen LogP contribution in [0.5, 0.6) is 0 Å². The number of hydrogen-bond donors (Lipinski definition) is 2. The standard InChI is InChI=1S/C20H26FN5O.HI/c21-17-4-6-19(7-5-17)25-9-11-26(12-10-25)20(22)24-14-16(15-27)13-18-3-1-2-8-23-18;/h1-8,16,27H,9-15H2,(H2,22,24);1H. The highest BCUT2D eigenvalue weighted by molar-refractivity contribution is 14.0. The van der Waals surface area contributed by atoms with Crippen LogP contribution in [0.4, 0.5) is 10.1 Å². The van der Waals surface area contributed by atoms with Gasteiger partial charge in [-0.15, -0.1) is 24.0 Å². The Balaban J connectivity index is 0.00000280. The molecule has 0 bridgehead atoms. The minimum absolute atomic E-state index is 0. The third kappa shape index (κ3) is 6.30.